The minimum absolute atomic E-state index is 1.32. The number of hydrogen-bond donors (Lipinski definition) is 1. The molecule has 12 heavy (non-hydrogen) atoms. The lowest BCUT2D eigenvalue weighted by Gasteiger charge is -1.82. The molecule has 0 spiro atoms. The van der Waals surface area contributed by atoms with E-state index in [1.807, 2.05) is 42.7 Å². The second-order valence-corrected chi connectivity index (χ2v) is 2.54. The molecule has 2 heteroatoms. The fourth-order valence-corrected chi connectivity index (χ4v) is 0.812. The number of H-pyrrole nitrogens is 1. The second-order valence-electron chi connectivity index (χ2n) is 2.54. The lowest BCUT2D eigenvalue weighted by molar-refractivity contribution is 1.42. The van der Waals surface area contributed by atoms with Gasteiger partial charge in [-0.1, -0.05) is 35.8 Å². The van der Waals surface area contributed by atoms with E-state index in [-0.39, 0.29) is 0 Å². The number of benzene rings is 1. The lowest BCUT2D eigenvalue weighted by atomic mass is 9.97. The Hall–Kier alpha value is -1.44. The van der Waals surface area contributed by atoms with Crippen molar-refractivity contribution in [3.63, 3.8) is 0 Å². The molecule has 0 saturated carbocycles. The van der Waals surface area contributed by atoms with Crippen molar-refractivity contribution in [1.82, 2.24) is 4.98 Å². The summed E-state index contributed by atoms with van der Waals surface area (Å²) >= 11 is 0. The molecule has 0 saturated heterocycles. The van der Waals surface area contributed by atoms with Gasteiger partial charge in [-0.15, -0.1) is 0 Å². The van der Waals surface area contributed by atoms with Gasteiger partial charge in [0.15, 0.2) is 0 Å². The predicted octanol–water partition coefficient (Wildman–Crippen LogP) is 0.960. The minimum Gasteiger partial charge on any atom is -0.368 e. The van der Waals surface area contributed by atoms with Gasteiger partial charge >= 0.3 is 0 Å². The SMILES string of the molecule is Bc1ccccc1.c1cc[nH]c1. The standard InChI is InChI=1S/C6H7B.C4H5N/c7-6-4-2-1-3-5-6;1-2-4-5-3-1/h1-5H,7H2;1-5H. The van der Waals surface area contributed by atoms with Crippen LogP contribution in [0.2, 0.25) is 0 Å². The first-order chi connectivity index (χ1) is 5.89. The van der Waals surface area contributed by atoms with Crippen molar-refractivity contribution in [2.45, 2.75) is 0 Å². The molecule has 1 aromatic heterocycles. The summed E-state index contributed by atoms with van der Waals surface area (Å²) in [5.74, 6) is 0. The summed E-state index contributed by atoms with van der Waals surface area (Å²) in [5.41, 5.74) is 1.32. The molecule has 0 atom stereocenters. The number of hydrogen-bond acceptors (Lipinski definition) is 0. The molecule has 0 aliphatic rings. The first-order valence-corrected chi connectivity index (χ1v) is 3.99. The van der Waals surface area contributed by atoms with Crippen LogP contribution in [-0.2, 0) is 0 Å². The highest BCUT2D eigenvalue weighted by molar-refractivity contribution is 6.32. The van der Waals surface area contributed by atoms with Crippen LogP contribution in [0.4, 0.5) is 0 Å². The Morgan fingerprint density at radius 2 is 1.42 bits per heavy atom. The maximum Gasteiger partial charge on any atom is 0.139 e. The zero-order valence-corrected chi connectivity index (χ0v) is 7.20. The maximum atomic E-state index is 2.86. The molecule has 0 unspecified atom stereocenters. The molecular formula is C10H12BN. The Kier molecular flexibility index (Phi) is 3.79. The van der Waals surface area contributed by atoms with E-state index >= 15 is 0 Å². The van der Waals surface area contributed by atoms with Crippen LogP contribution in [0.25, 0.3) is 0 Å². The zero-order valence-electron chi connectivity index (χ0n) is 7.20. The molecule has 0 aliphatic carbocycles. The summed E-state index contributed by atoms with van der Waals surface area (Å²) < 4.78 is 0. The Labute approximate surface area is 73.9 Å². The van der Waals surface area contributed by atoms with E-state index < -0.39 is 0 Å². The highest BCUT2D eigenvalue weighted by Crippen LogP contribution is 1.76. The largest absolute Gasteiger partial charge is 0.368 e. The summed E-state index contributed by atoms with van der Waals surface area (Å²) in [4.78, 5) is 2.86. The van der Waals surface area contributed by atoms with E-state index in [4.69, 9.17) is 0 Å². The third kappa shape index (κ3) is 3.66. The van der Waals surface area contributed by atoms with Gasteiger partial charge in [0.1, 0.15) is 7.85 Å². The first kappa shape index (κ1) is 8.66. The molecule has 2 rings (SSSR count). The summed E-state index contributed by atoms with van der Waals surface area (Å²) in [6.07, 6.45) is 3.75. The zero-order chi connectivity index (χ0) is 8.65. The Morgan fingerprint density at radius 1 is 0.833 bits per heavy atom. The van der Waals surface area contributed by atoms with Gasteiger partial charge in [0, 0.05) is 12.4 Å². The van der Waals surface area contributed by atoms with Gasteiger partial charge in [-0.05, 0) is 12.1 Å². The number of rotatable bonds is 0. The van der Waals surface area contributed by atoms with Gasteiger partial charge in [-0.3, -0.25) is 0 Å². The van der Waals surface area contributed by atoms with E-state index in [1.54, 1.807) is 0 Å². The quantitative estimate of drug-likeness (QED) is 0.548. The Bertz CT molecular complexity index is 259. The fraction of sp³-hybridized carbons (Fsp3) is 0. The average molecular weight is 157 g/mol. The molecule has 0 bridgehead atoms. The van der Waals surface area contributed by atoms with Crippen LogP contribution in [0.15, 0.2) is 54.9 Å². The molecule has 2 aromatic rings. The van der Waals surface area contributed by atoms with Crippen molar-refractivity contribution in [3.05, 3.63) is 54.9 Å². The topological polar surface area (TPSA) is 15.8 Å². The molecule has 1 heterocycles. The van der Waals surface area contributed by atoms with Gasteiger partial charge < -0.3 is 4.98 Å². The molecule has 0 aliphatic heterocycles. The highest BCUT2D eigenvalue weighted by atomic mass is 14.6. The van der Waals surface area contributed by atoms with Crippen molar-refractivity contribution in [1.29, 1.82) is 0 Å². The third-order valence-corrected chi connectivity index (χ3v) is 1.44. The van der Waals surface area contributed by atoms with Crippen LogP contribution in [0.5, 0.6) is 0 Å². The lowest BCUT2D eigenvalue weighted by Crippen LogP contribution is -1.97. The van der Waals surface area contributed by atoms with Crippen molar-refractivity contribution in [3.8, 4) is 0 Å². The Balaban J connectivity index is 0.000000127. The maximum absolute atomic E-state index is 2.86. The number of aromatic nitrogens is 1. The third-order valence-electron chi connectivity index (χ3n) is 1.44. The second kappa shape index (κ2) is 5.25. The summed E-state index contributed by atoms with van der Waals surface area (Å²) in [7, 11) is 2.08. The summed E-state index contributed by atoms with van der Waals surface area (Å²) in [5, 5.41) is 0. The van der Waals surface area contributed by atoms with Crippen LogP contribution in [0.3, 0.4) is 0 Å². The highest BCUT2D eigenvalue weighted by Gasteiger charge is 1.72. The van der Waals surface area contributed by atoms with Gasteiger partial charge in [0.25, 0.3) is 0 Å². The Morgan fingerprint density at radius 3 is 1.67 bits per heavy atom. The summed E-state index contributed by atoms with van der Waals surface area (Å²) in [6.45, 7) is 0. The van der Waals surface area contributed by atoms with E-state index in [9.17, 15) is 0 Å². The van der Waals surface area contributed by atoms with Gasteiger partial charge in [-0.25, -0.2) is 0 Å². The van der Waals surface area contributed by atoms with E-state index in [1.165, 1.54) is 5.46 Å². The van der Waals surface area contributed by atoms with Crippen molar-refractivity contribution < 1.29 is 0 Å². The number of nitrogens with one attached hydrogen (secondary N) is 1. The molecular weight excluding hydrogens is 145 g/mol. The molecule has 1 nitrogen and oxygen atoms in total. The van der Waals surface area contributed by atoms with Gasteiger partial charge in [0.05, 0.1) is 0 Å². The minimum atomic E-state index is 1.32. The van der Waals surface area contributed by atoms with Crippen LogP contribution in [0.1, 0.15) is 0 Å². The fourth-order valence-electron chi connectivity index (χ4n) is 0.812. The predicted molar refractivity (Wildman–Crippen MR) is 55.4 cm³/mol. The van der Waals surface area contributed by atoms with Crippen LogP contribution in [-0.4, -0.2) is 12.8 Å². The van der Waals surface area contributed by atoms with Crippen molar-refractivity contribution in [2.75, 3.05) is 0 Å². The van der Waals surface area contributed by atoms with Gasteiger partial charge in [-0.2, -0.15) is 0 Å². The van der Waals surface area contributed by atoms with E-state index in [0.717, 1.165) is 0 Å². The van der Waals surface area contributed by atoms with E-state index in [0.29, 0.717) is 0 Å². The molecule has 1 N–H and O–H groups in total. The molecule has 1 aromatic carbocycles. The molecule has 0 radical (unpaired) electrons. The molecule has 0 fully saturated rings. The number of aromatic amines is 1. The van der Waals surface area contributed by atoms with Gasteiger partial charge in [0.2, 0.25) is 0 Å². The smallest absolute Gasteiger partial charge is 0.139 e. The van der Waals surface area contributed by atoms with Crippen LogP contribution >= 0.6 is 0 Å². The monoisotopic (exact) mass is 157 g/mol. The van der Waals surface area contributed by atoms with Crippen molar-refractivity contribution in [2.24, 2.45) is 0 Å². The summed E-state index contributed by atoms with van der Waals surface area (Å²) in [6, 6.07) is 14.2. The van der Waals surface area contributed by atoms with E-state index in [2.05, 4.69) is 25.0 Å². The van der Waals surface area contributed by atoms with Crippen LogP contribution in [0, 0.1) is 0 Å². The molecule has 0 amide bonds. The first-order valence-electron chi connectivity index (χ1n) is 3.99. The molecule has 60 valence electrons. The average Bonchev–Trinajstić information content (AvgIpc) is 2.62. The van der Waals surface area contributed by atoms with Crippen LogP contribution < -0.4 is 5.46 Å². The normalized spacial score (nSPS) is 8.33. The van der Waals surface area contributed by atoms with Crippen molar-refractivity contribution >= 4 is 13.3 Å².